The average Bonchev–Trinajstić information content (AvgIpc) is 2.33. The second-order valence-corrected chi connectivity index (χ2v) is 4.74. The summed E-state index contributed by atoms with van der Waals surface area (Å²) in [5.41, 5.74) is 1.12. The van der Waals surface area contributed by atoms with Crippen molar-refractivity contribution in [1.29, 1.82) is 0 Å². The molecule has 0 heterocycles. The Labute approximate surface area is 109 Å². The summed E-state index contributed by atoms with van der Waals surface area (Å²) in [5.74, 6) is -0.409. The molecule has 2 N–H and O–H groups in total. The topological polar surface area (TPSA) is 49.3 Å². The van der Waals surface area contributed by atoms with Gasteiger partial charge in [-0.1, -0.05) is 56.3 Å². The molecule has 1 aromatic rings. The molecule has 0 fully saturated rings. The van der Waals surface area contributed by atoms with Crippen molar-refractivity contribution < 1.29 is 9.90 Å². The summed E-state index contributed by atoms with van der Waals surface area (Å²) in [4.78, 5) is 11.0. The van der Waals surface area contributed by atoms with E-state index in [9.17, 15) is 4.79 Å². The second kappa shape index (κ2) is 7.67. The third kappa shape index (κ3) is 5.64. The molecule has 3 nitrogen and oxygen atoms in total. The van der Waals surface area contributed by atoms with Gasteiger partial charge in [-0.15, -0.1) is 0 Å². The van der Waals surface area contributed by atoms with E-state index in [0.29, 0.717) is 18.9 Å². The van der Waals surface area contributed by atoms with Crippen LogP contribution in [0.15, 0.2) is 36.4 Å². The smallest absolute Gasteiger partial charge is 0.320 e. The van der Waals surface area contributed by atoms with Crippen molar-refractivity contribution in [3.05, 3.63) is 42.0 Å². The fourth-order valence-corrected chi connectivity index (χ4v) is 1.71. The highest BCUT2D eigenvalue weighted by Gasteiger charge is 2.16. The second-order valence-electron chi connectivity index (χ2n) is 4.74. The van der Waals surface area contributed by atoms with E-state index >= 15 is 0 Å². The molecule has 0 saturated carbocycles. The summed E-state index contributed by atoms with van der Waals surface area (Å²) in [6.45, 7) is 4.62. The lowest BCUT2D eigenvalue weighted by molar-refractivity contribution is -0.139. The van der Waals surface area contributed by atoms with Crippen LogP contribution < -0.4 is 5.32 Å². The highest BCUT2D eigenvalue weighted by Crippen LogP contribution is 2.05. The third-order valence-electron chi connectivity index (χ3n) is 2.60. The van der Waals surface area contributed by atoms with Gasteiger partial charge in [-0.2, -0.15) is 0 Å². The van der Waals surface area contributed by atoms with Crippen molar-refractivity contribution in [2.75, 3.05) is 6.54 Å². The molecule has 0 aromatic heterocycles. The third-order valence-corrected chi connectivity index (χ3v) is 2.60. The molecule has 0 saturated heterocycles. The van der Waals surface area contributed by atoms with Gasteiger partial charge in [0.2, 0.25) is 0 Å². The fraction of sp³-hybridized carbons (Fsp3) is 0.400. The first-order valence-electron chi connectivity index (χ1n) is 6.27. The Hall–Kier alpha value is -1.61. The first-order chi connectivity index (χ1) is 8.59. The number of rotatable bonds is 7. The fourth-order valence-electron chi connectivity index (χ4n) is 1.71. The van der Waals surface area contributed by atoms with E-state index in [2.05, 4.69) is 5.32 Å². The van der Waals surface area contributed by atoms with Crippen LogP contribution in [0.2, 0.25) is 0 Å². The zero-order valence-electron chi connectivity index (χ0n) is 11.0. The molecule has 0 aliphatic heterocycles. The molecule has 18 heavy (non-hydrogen) atoms. The Balaban J connectivity index is 2.39. The molecule has 98 valence electrons. The Morgan fingerprint density at radius 2 is 2.00 bits per heavy atom. The van der Waals surface area contributed by atoms with Gasteiger partial charge < -0.3 is 10.4 Å². The number of nitrogens with one attached hydrogen (secondary N) is 1. The van der Waals surface area contributed by atoms with Gasteiger partial charge >= 0.3 is 5.97 Å². The van der Waals surface area contributed by atoms with E-state index in [1.165, 1.54) is 0 Å². The highest BCUT2D eigenvalue weighted by atomic mass is 16.4. The van der Waals surface area contributed by atoms with Crippen molar-refractivity contribution in [2.24, 2.45) is 5.92 Å². The minimum Gasteiger partial charge on any atom is -0.480 e. The zero-order chi connectivity index (χ0) is 13.4. The number of carboxylic acids is 1. The van der Waals surface area contributed by atoms with E-state index < -0.39 is 12.0 Å². The highest BCUT2D eigenvalue weighted by molar-refractivity contribution is 5.73. The van der Waals surface area contributed by atoms with Crippen LogP contribution >= 0.6 is 0 Å². The van der Waals surface area contributed by atoms with Gasteiger partial charge in [0.1, 0.15) is 6.04 Å². The Kier molecular flexibility index (Phi) is 6.15. The van der Waals surface area contributed by atoms with Gasteiger partial charge in [0.25, 0.3) is 0 Å². The SMILES string of the molecule is CC(C)CC(NC/C=C/c1ccccc1)C(=O)O. The van der Waals surface area contributed by atoms with Crippen molar-refractivity contribution in [1.82, 2.24) is 5.32 Å². The molecule has 3 heteroatoms. The molecule has 1 aromatic carbocycles. The van der Waals surface area contributed by atoms with Gasteiger partial charge in [-0.3, -0.25) is 4.79 Å². The van der Waals surface area contributed by atoms with Crippen LogP contribution in [0.3, 0.4) is 0 Å². The van der Waals surface area contributed by atoms with Crippen LogP contribution in [0.4, 0.5) is 0 Å². The van der Waals surface area contributed by atoms with Crippen LogP contribution in [0.5, 0.6) is 0 Å². The number of hydrogen-bond donors (Lipinski definition) is 2. The van der Waals surface area contributed by atoms with Gasteiger partial charge in [0.05, 0.1) is 0 Å². The minimum absolute atomic E-state index is 0.372. The molecule has 0 spiro atoms. The quantitative estimate of drug-likeness (QED) is 0.779. The monoisotopic (exact) mass is 247 g/mol. The van der Waals surface area contributed by atoms with Gasteiger partial charge in [0.15, 0.2) is 0 Å². The molecule has 0 radical (unpaired) electrons. The number of hydrogen-bond acceptors (Lipinski definition) is 2. The molecule has 1 unspecified atom stereocenters. The lowest BCUT2D eigenvalue weighted by Gasteiger charge is -2.15. The maximum absolute atomic E-state index is 11.0. The average molecular weight is 247 g/mol. The van der Waals surface area contributed by atoms with Crippen LogP contribution in [0.25, 0.3) is 6.08 Å². The molecule has 1 atom stereocenters. The lowest BCUT2D eigenvalue weighted by Crippen LogP contribution is -2.37. The molecular formula is C15H21NO2. The Bertz CT molecular complexity index is 385. The first kappa shape index (κ1) is 14.5. The van der Waals surface area contributed by atoms with Gasteiger partial charge in [0, 0.05) is 6.54 Å². The van der Waals surface area contributed by atoms with Crippen molar-refractivity contribution in [2.45, 2.75) is 26.3 Å². The molecule has 0 aliphatic rings. The summed E-state index contributed by atoms with van der Waals surface area (Å²) < 4.78 is 0. The molecule has 0 bridgehead atoms. The van der Waals surface area contributed by atoms with E-state index in [1.807, 2.05) is 56.3 Å². The van der Waals surface area contributed by atoms with E-state index in [4.69, 9.17) is 5.11 Å². The largest absolute Gasteiger partial charge is 0.480 e. The van der Waals surface area contributed by atoms with Crippen LogP contribution in [0.1, 0.15) is 25.8 Å². The van der Waals surface area contributed by atoms with Gasteiger partial charge in [-0.05, 0) is 17.9 Å². The van der Waals surface area contributed by atoms with E-state index in [-0.39, 0.29) is 0 Å². The van der Waals surface area contributed by atoms with Crippen molar-refractivity contribution in [3.63, 3.8) is 0 Å². The molecule has 1 rings (SSSR count). The molecular weight excluding hydrogens is 226 g/mol. The maximum atomic E-state index is 11.0. The summed E-state index contributed by atoms with van der Waals surface area (Å²) in [7, 11) is 0. The van der Waals surface area contributed by atoms with E-state index in [1.54, 1.807) is 0 Å². The van der Waals surface area contributed by atoms with E-state index in [0.717, 1.165) is 5.56 Å². The number of carboxylic acid groups (broad SMARTS) is 1. The van der Waals surface area contributed by atoms with Crippen LogP contribution in [0, 0.1) is 5.92 Å². The summed E-state index contributed by atoms with van der Waals surface area (Å²) in [5, 5.41) is 12.1. The number of aliphatic carboxylic acids is 1. The first-order valence-corrected chi connectivity index (χ1v) is 6.27. The number of carbonyl (C=O) groups is 1. The summed E-state index contributed by atoms with van der Waals surface area (Å²) in [6, 6.07) is 9.49. The van der Waals surface area contributed by atoms with Crippen molar-refractivity contribution in [3.8, 4) is 0 Å². The Morgan fingerprint density at radius 3 is 2.56 bits per heavy atom. The molecule has 0 amide bonds. The minimum atomic E-state index is -0.781. The predicted octanol–water partition coefficient (Wildman–Crippen LogP) is 2.79. The normalized spacial score (nSPS) is 13.1. The predicted molar refractivity (Wildman–Crippen MR) is 74.4 cm³/mol. The Morgan fingerprint density at radius 1 is 1.33 bits per heavy atom. The molecule has 0 aliphatic carbocycles. The van der Waals surface area contributed by atoms with Gasteiger partial charge in [-0.25, -0.2) is 0 Å². The standard InChI is InChI=1S/C15H21NO2/c1-12(2)11-14(15(17)18)16-10-6-9-13-7-4-3-5-8-13/h3-9,12,14,16H,10-11H2,1-2H3,(H,17,18)/b9-6+. The number of benzene rings is 1. The van der Waals surface area contributed by atoms with Crippen LogP contribution in [-0.4, -0.2) is 23.7 Å². The lowest BCUT2D eigenvalue weighted by atomic mass is 10.0. The maximum Gasteiger partial charge on any atom is 0.320 e. The summed E-state index contributed by atoms with van der Waals surface area (Å²) >= 11 is 0. The summed E-state index contributed by atoms with van der Waals surface area (Å²) in [6.07, 6.45) is 4.58. The zero-order valence-corrected chi connectivity index (χ0v) is 11.0. The van der Waals surface area contributed by atoms with Crippen LogP contribution in [-0.2, 0) is 4.79 Å². The van der Waals surface area contributed by atoms with Crippen molar-refractivity contribution >= 4 is 12.0 Å².